The van der Waals surface area contributed by atoms with Crippen LogP contribution in [0.4, 0.5) is 11.4 Å². The van der Waals surface area contributed by atoms with E-state index >= 15 is 0 Å². The van der Waals surface area contributed by atoms with Crippen LogP contribution in [0, 0.1) is 0 Å². The number of nitrogens with two attached hydrogens (primary N) is 1. The molecular weight excluding hydrogens is 248 g/mol. The zero-order valence-electron chi connectivity index (χ0n) is 9.79. The first-order valence-electron chi connectivity index (χ1n) is 5.40. The van der Waals surface area contributed by atoms with Crippen molar-refractivity contribution in [2.24, 2.45) is 0 Å². The molecule has 0 bridgehead atoms. The molecule has 2 aromatic rings. The molecule has 6 heteroatoms. The van der Waals surface area contributed by atoms with Crippen LogP contribution in [0.25, 0.3) is 0 Å². The Hall–Kier alpha value is -2.89. The zero-order valence-corrected chi connectivity index (χ0v) is 9.79. The van der Waals surface area contributed by atoms with Gasteiger partial charge in [0, 0.05) is 6.07 Å². The summed E-state index contributed by atoms with van der Waals surface area (Å²) in [6.07, 6.45) is 0. The molecule has 0 aliphatic carbocycles. The van der Waals surface area contributed by atoms with Gasteiger partial charge in [-0.05, 0) is 24.3 Å². The summed E-state index contributed by atoms with van der Waals surface area (Å²) in [5.41, 5.74) is 6.04. The first kappa shape index (κ1) is 12.6. The maximum Gasteiger partial charge on any atom is 0.259 e. The number of nitrogen functional groups attached to an aromatic ring is 1. The highest BCUT2D eigenvalue weighted by Crippen LogP contribution is 2.30. The van der Waals surface area contributed by atoms with E-state index in [1.165, 1.54) is 36.4 Å². The fraction of sp³-hybridized carbons (Fsp3) is 0. The first-order chi connectivity index (χ1) is 8.99. The van der Waals surface area contributed by atoms with Crippen molar-refractivity contribution < 1.29 is 20.1 Å². The van der Waals surface area contributed by atoms with Gasteiger partial charge < -0.3 is 26.4 Å². The van der Waals surface area contributed by atoms with Gasteiger partial charge in [-0.3, -0.25) is 4.79 Å². The summed E-state index contributed by atoms with van der Waals surface area (Å²) in [7, 11) is 0. The molecule has 0 radical (unpaired) electrons. The minimum Gasteiger partial charge on any atom is -0.508 e. The number of para-hydroxylation sites is 1. The summed E-state index contributed by atoms with van der Waals surface area (Å²) in [5.74, 6) is -1.52. The van der Waals surface area contributed by atoms with Crippen molar-refractivity contribution in [3.05, 3.63) is 42.0 Å². The van der Waals surface area contributed by atoms with Crippen molar-refractivity contribution in [3.8, 4) is 17.2 Å². The molecule has 2 aromatic carbocycles. The molecule has 0 aliphatic heterocycles. The predicted octanol–water partition coefficient (Wildman–Crippen LogP) is 1.64. The molecule has 0 aromatic heterocycles. The number of benzene rings is 2. The van der Waals surface area contributed by atoms with Crippen LogP contribution >= 0.6 is 0 Å². The maximum atomic E-state index is 11.9. The lowest BCUT2D eigenvalue weighted by molar-refractivity contribution is 0.102. The van der Waals surface area contributed by atoms with Gasteiger partial charge in [0.15, 0.2) is 11.5 Å². The van der Waals surface area contributed by atoms with Gasteiger partial charge in [0.2, 0.25) is 0 Å². The van der Waals surface area contributed by atoms with E-state index < -0.39 is 11.7 Å². The molecule has 1 amide bonds. The fourth-order valence-electron chi connectivity index (χ4n) is 1.57. The second kappa shape index (κ2) is 4.77. The molecular formula is C13H12N2O4. The molecule has 0 heterocycles. The van der Waals surface area contributed by atoms with Crippen LogP contribution in [0.5, 0.6) is 17.2 Å². The largest absolute Gasteiger partial charge is 0.508 e. The Morgan fingerprint density at radius 1 is 1.11 bits per heavy atom. The van der Waals surface area contributed by atoms with Gasteiger partial charge >= 0.3 is 0 Å². The lowest BCUT2D eigenvalue weighted by atomic mass is 10.1. The van der Waals surface area contributed by atoms with Gasteiger partial charge in [-0.1, -0.05) is 6.07 Å². The Kier molecular flexibility index (Phi) is 3.15. The number of anilines is 2. The monoisotopic (exact) mass is 260 g/mol. The molecule has 19 heavy (non-hydrogen) atoms. The van der Waals surface area contributed by atoms with Crippen molar-refractivity contribution in [2.45, 2.75) is 0 Å². The van der Waals surface area contributed by atoms with Crippen LogP contribution in [0.1, 0.15) is 10.4 Å². The minimum atomic E-state index is -0.620. The standard InChI is InChI=1S/C13H12N2O4/c14-9-6-7(16)4-5-10(9)15-13(19)8-2-1-3-11(17)12(8)18/h1-6,16-18H,14H2,(H,15,19). The SMILES string of the molecule is Nc1cc(O)ccc1NC(=O)c1cccc(O)c1O. The number of aromatic hydroxyl groups is 3. The van der Waals surface area contributed by atoms with Gasteiger partial charge in [0.05, 0.1) is 16.9 Å². The van der Waals surface area contributed by atoms with E-state index in [1.54, 1.807) is 0 Å². The molecule has 6 nitrogen and oxygen atoms in total. The third-order valence-electron chi connectivity index (χ3n) is 2.54. The maximum absolute atomic E-state index is 11.9. The van der Waals surface area contributed by atoms with E-state index in [0.717, 1.165) is 0 Å². The van der Waals surface area contributed by atoms with Crippen molar-refractivity contribution in [3.63, 3.8) is 0 Å². The summed E-state index contributed by atoms with van der Waals surface area (Å²) in [6, 6.07) is 8.15. The number of carbonyl (C=O) groups is 1. The van der Waals surface area contributed by atoms with E-state index in [1.807, 2.05) is 0 Å². The number of carbonyl (C=O) groups excluding carboxylic acids is 1. The Labute approximate surface area is 108 Å². The molecule has 0 spiro atoms. The van der Waals surface area contributed by atoms with Crippen LogP contribution in [0.3, 0.4) is 0 Å². The molecule has 0 aliphatic rings. The molecule has 0 saturated carbocycles. The average molecular weight is 260 g/mol. The second-order valence-corrected chi connectivity index (χ2v) is 3.90. The highest BCUT2D eigenvalue weighted by molar-refractivity contribution is 6.07. The fourth-order valence-corrected chi connectivity index (χ4v) is 1.57. The number of amides is 1. The number of nitrogens with one attached hydrogen (secondary N) is 1. The molecule has 0 atom stereocenters. The summed E-state index contributed by atoms with van der Waals surface area (Å²) in [5, 5.41) is 30.6. The molecule has 6 N–H and O–H groups in total. The average Bonchev–Trinajstić information content (AvgIpc) is 2.36. The van der Waals surface area contributed by atoms with Gasteiger partial charge in [0.25, 0.3) is 5.91 Å². The van der Waals surface area contributed by atoms with E-state index in [4.69, 9.17) is 5.73 Å². The molecule has 0 fully saturated rings. The van der Waals surface area contributed by atoms with Crippen LogP contribution in [-0.2, 0) is 0 Å². The lowest BCUT2D eigenvalue weighted by Gasteiger charge is -2.10. The number of phenols is 3. The third-order valence-corrected chi connectivity index (χ3v) is 2.54. The lowest BCUT2D eigenvalue weighted by Crippen LogP contribution is -2.13. The summed E-state index contributed by atoms with van der Waals surface area (Å²) < 4.78 is 0. The molecule has 98 valence electrons. The quantitative estimate of drug-likeness (QED) is 0.320. The van der Waals surface area contributed by atoms with Crippen molar-refractivity contribution >= 4 is 17.3 Å². The summed E-state index contributed by atoms with van der Waals surface area (Å²) >= 11 is 0. The van der Waals surface area contributed by atoms with E-state index in [2.05, 4.69) is 5.32 Å². The van der Waals surface area contributed by atoms with Crippen molar-refractivity contribution in [2.75, 3.05) is 11.1 Å². The van der Waals surface area contributed by atoms with Gasteiger partial charge in [0.1, 0.15) is 5.75 Å². The highest BCUT2D eigenvalue weighted by atomic mass is 16.3. The predicted molar refractivity (Wildman–Crippen MR) is 70.2 cm³/mol. The number of rotatable bonds is 2. The zero-order chi connectivity index (χ0) is 14.0. The van der Waals surface area contributed by atoms with E-state index in [0.29, 0.717) is 5.69 Å². The summed E-state index contributed by atoms with van der Waals surface area (Å²) in [4.78, 5) is 11.9. The Morgan fingerprint density at radius 2 is 1.84 bits per heavy atom. The van der Waals surface area contributed by atoms with Crippen molar-refractivity contribution in [1.82, 2.24) is 0 Å². The minimum absolute atomic E-state index is 0.0179. The summed E-state index contributed by atoms with van der Waals surface area (Å²) in [6.45, 7) is 0. The molecule has 0 unspecified atom stereocenters. The Bertz CT molecular complexity index is 641. The highest BCUT2D eigenvalue weighted by Gasteiger charge is 2.15. The van der Waals surface area contributed by atoms with Gasteiger partial charge in [-0.25, -0.2) is 0 Å². The second-order valence-electron chi connectivity index (χ2n) is 3.90. The van der Waals surface area contributed by atoms with Gasteiger partial charge in [-0.15, -0.1) is 0 Å². The van der Waals surface area contributed by atoms with E-state index in [-0.39, 0.29) is 22.7 Å². The number of phenolic OH excluding ortho intramolecular Hbond substituents is 3. The van der Waals surface area contributed by atoms with Crippen LogP contribution in [0.15, 0.2) is 36.4 Å². The number of hydrogen-bond donors (Lipinski definition) is 5. The Morgan fingerprint density at radius 3 is 2.53 bits per heavy atom. The molecule has 0 saturated heterocycles. The Balaban J connectivity index is 2.28. The smallest absolute Gasteiger partial charge is 0.259 e. The van der Waals surface area contributed by atoms with Gasteiger partial charge in [-0.2, -0.15) is 0 Å². The molecule has 2 rings (SSSR count). The van der Waals surface area contributed by atoms with Crippen molar-refractivity contribution in [1.29, 1.82) is 0 Å². The van der Waals surface area contributed by atoms with Crippen LogP contribution in [-0.4, -0.2) is 21.2 Å². The normalized spacial score (nSPS) is 10.1. The topological polar surface area (TPSA) is 116 Å². The third kappa shape index (κ3) is 2.52. The van der Waals surface area contributed by atoms with Crippen LogP contribution < -0.4 is 11.1 Å². The first-order valence-corrected chi connectivity index (χ1v) is 5.40. The number of hydrogen-bond acceptors (Lipinski definition) is 5. The van der Waals surface area contributed by atoms with E-state index in [9.17, 15) is 20.1 Å². The van der Waals surface area contributed by atoms with Crippen LogP contribution in [0.2, 0.25) is 0 Å².